The van der Waals surface area contributed by atoms with Crippen molar-refractivity contribution in [2.24, 2.45) is 11.7 Å². The van der Waals surface area contributed by atoms with Crippen LogP contribution in [0.1, 0.15) is 26.2 Å². The molecule has 11 heavy (non-hydrogen) atoms. The second kappa shape index (κ2) is 6.21. The summed E-state index contributed by atoms with van der Waals surface area (Å²) in [6, 6.07) is 0. The first-order chi connectivity index (χ1) is 5.22. The molecule has 0 saturated heterocycles. The van der Waals surface area contributed by atoms with Gasteiger partial charge >= 0.3 is 66.6 Å². The van der Waals surface area contributed by atoms with Crippen LogP contribution in [0.2, 0.25) is 0 Å². The van der Waals surface area contributed by atoms with Crippen molar-refractivity contribution in [1.29, 1.82) is 0 Å². The Labute approximate surface area is 67.5 Å². The quantitative estimate of drug-likeness (QED) is 0.655. The Kier molecular flexibility index (Phi) is 5.91. The molecule has 0 aromatic carbocycles. The van der Waals surface area contributed by atoms with Gasteiger partial charge in [-0.2, -0.15) is 0 Å². The van der Waals surface area contributed by atoms with E-state index in [1.807, 2.05) is 6.92 Å². The molecule has 0 bridgehead atoms. The SMILES string of the molecule is CCC(CCC#P=O)C(N)=O. The van der Waals surface area contributed by atoms with E-state index >= 15 is 0 Å². The normalized spacial score (nSPS) is 11.7. The zero-order valence-electron chi connectivity index (χ0n) is 6.54. The molecule has 0 aromatic heterocycles. The molecule has 62 valence electrons. The predicted octanol–water partition coefficient (Wildman–Crippen LogP) is 1.53. The summed E-state index contributed by atoms with van der Waals surface area (Å²) in [6.07, 6.45) is 1.96. The fourth-order valence-corrected chi connectivity index (χ4v) is 1.05. The van der Waals surface area contributed by atoms with E-state index < -0.39 is 0 Å². The zero-order chi connectivity index (χ0) is 8.69. The summed E-state index contributed by atoms with van der Waals surface area (Å²) in [5, 5.41) is 0. The van der Waals surface area contributed by atoms with Gasteiger partial charge in [-0.05, 0) is 0 Å². The number of hydrogen-bond acceptors (Lipinski definition) is 2. The molecule has 4 heteroatoms. The Morgan fingerprint density at radius 2 is 2.36 bits per heavy atom. The summed E-state index contributed by atoms with van der Waals surface area (Å²) in [4.78, 5) is 10.6. The summed E-state index contributed by atoms with van der Waals surface area (Å²) in [7, 11) is -0.0931. The number of rotatable bonds is 4. The van der Waals surface area contributed by atoms with Gasteiger partial charge in [-0.1, -0.05) is 0 Å². The van der Waals surface area contributed by atoms with Crippen LogP contribution in [-0.2, 0) is 9.36 Å². The van der Waals surface area contributed by atoms with Crippen molar-refractivity contribution in [1.82, 2.24) is 0 Å². The van der Waals surface area contributed by atoms with E-state index in [0.29, 0.717) is 12.8 Å². The molecule has 0 aliphatic carbocycles. The minimum atomic E-state index is -0.281. The Morgan fingerprint density at radius 1 is 1.73 bits per heavy atom. The second-order valence-corrected chi connectivity index (χ2v) is 2.79. The molecule has 0 heterocycles. The Balaban J connectivity index is 3.75. The van der Waals surface area contributed by atoms with Gasteiger partial charge in [0.2, 0.25) is 0 Å². The number of primary amides is 1. The molecule has 0 saturated carbocycles. The molecular weight excluding hydrogens is 161 g/mol. The predicted molar refractivity (Wildman–Crippen MR) is 43.7 cm³/mol. The maximum atomic E-state index is 10.6. The standard InChI is InChI=1S/C7H12NO2P/c1-2-6(7(8)9)4-3-5-11-10/h6H,2-4H2,1H3,(H2,8,9). The molecule has 0 fully saturated rings. The van der Waals surface area contributed by atoms with Crippen LogP contribution in [0.25, 0.3) is 0 Å². The molecule has 1 atom stereocenters. The van der Waals surface area contributed by atoms with Crippen molar-refractivity contribution < 1.29 is 9.36 Å². The van der Waals surface area contributed by atoms with Gasteiger partial charge in [0.25, 0.3) is 0 Å². The Hall–Kier alpha value is -0.520. The van der Waals surface area contributed by atoms with Crippen LogP contribution in [-0.4, -0.2) is 5.91 Å². The van der Waals surface area contributed by atoms with Gasteiger partial charge < -0.3 is 0 Å². The molecule has 0 aliphatic rings. The van der Waals surface area contributed by atoms with Crippen molar-refractivity contribution in [3.63, 3.8) is 0 Å². The number of nitrogens with two attached hydrogens (primary N) is 1. The van der Waals surface area contributed by atoms with Crippen molar-refractivity contribution in [3.05, 3.63) is 0 Å². The van der Waals surface area contributed by atoms with Crippen LogP contribution in [0.4, 0.5) is 0 Å². The van der Waals surface area contributed by atoms with Crippen LogP contribution in [0.3, 0.4) is 0 Å². The first-order valence-electron chi connectivity index (χ1n) is 3.56. The monoisotopic (exact) mass is 173 g/mol. The van der Waals surface area contributed by atoms with Crippen LogP contribution in [0.5, 0.6) is 0 Å². The zero-order valence-corrected chi connectivity index (χ0v) is 7.43. The molecule has 0 radical (unpaired) electrons. The maximum absolute atomic E-state index is 10.6. The summed E-state index contributed by atoms with van der Waals surface area (Å²) in [6.45, 7) is 1.91. The van der Waals surface area contributed by atoms with Crippen LogP contribution in [0.15, 0.2) is 0 Å². The average Bonchev–Trinajstić information content (AvgIpc) is 1.97. The van der Waals surface area contributed by atoms with E-state index in [1.165, 1.54) is 0 Å². The van der Waals surface area contributed by atoms with Gasteiger partial charge in [0.05, 0.1) is 0 Å². The number of hydrogen-bond donors (Lipinski definition) is 1. The van der Waals surface area contributed by atoms with Gasteiger partial charge in [-0.3, -0.25) is 0 Å². The first kappa shape index (κ1) is 10.5. The third-order valence-corrected chi connectivity index (χ3v) is 1.92. The number of carbonyl (C=O) groups is 1. The molecule has 0 spiro atoms. The molecule has 1 amide bonds. The van der Waals surface area contributed by atoms with Gasteiger partial charge in [-0.15, -0.1) is 0 Å². The number of carbonyl (C=O) groups excluding carboxylic acids is 1. The molecule has 2 N–H and O–H groups in total. The van der Waals surface area contributed by atoms with Crippen LogP contribution >= 0.6 is 7.92 Å². The summed E-state index contributed by atoms with van der Waals surface area (Å²) in [5.74, 6) is -0.374. The summed E-state index contributed by atoms with van der Waals surface area (Å²) in [5.41, 5.74) is 7.66. The van der Waals surface area contributed by atoms with Crippen molar-refractivity contribution in [3.8, 4) is 5.63 Å². The Bertz CT molecular complexity index is 220. The van der Waals surface area contributed by atoms with Gasteiger partial charge in [0, 0.05) is 0 Å². The van der Waals surface area contributed by atoms with Crippen LogP contribution in [0, 0.1) is 11.5 Å². The first-order valence-corrected chi connectivity index (χ1v) is 4.38. The topological polar surface area (TPSA) is 60.2 Å². The van der Waals surface area contributed by atoms with E-state index in [1.54, 1.807) is 0 Å². The Morgan fingerprint density at radius 3 is 2.73 bits per heavy atom. The fraction of sp³-hybridized carbons (Fsp3) is 0.714. The van der Waals surface area contributed by atoms with E-state index in [9.17, 15) is 9.36 Å². The van der Waals surface area contributed by atoms with Crippen molar-refractivity contribution in [2.45, 2.75) is 26.2 Å². The molecule has 3 nitrogen and oxygen atoms in total. The third kappa shape index (κ3) is 4.83. The van der Waals surface area contributed by atoms with Gasteiger partial charge in [0.15, 0.2) is 0 Å². The molecule has 0 aliphatic heterocycles. The molecule has 0 rings (SSSR count). The van der Waals surface area contributed by atoms with Gasteiger partial charge in [-0.25, -0.2) is 0 Å². The van der Waals surface area contributed by atoms with Crippen LogP contribution < -0.4 is 5.73 Å². The van der Waals surface area contributed by atoms with E-state index in [2.05, 4.69) is 5.63 Å². The van der Waals surface area contributed by atoms with E-state index in [-0.39, 0.29) is 19.7 Å². The molecule has 0 aromatic rings. The third-order valence-electron chi connectivity index (χ3n) is 1.56. The summed E-state index contributed by atoms with van der Waals surface area (Å²) >= 11 is 0. The minimum absolute atomic E-state index is 0.0931. The molecular formula is C7H12NO2P. The summed E-state index contributed by atoms with van der Waals surface area (Å²) < 4.78 is 9.91. The fourth-order valence-electron chi connectivity index (χ4n) is 0.832. The molecule has 1 unspecified atom stereocenters. The van der Waals surface area contributed by atoms with Gasteiger partial charge in [0.1, 0.15) is 0 Å². The second-order valence-electron chi connectivity index (χ2n) is 2.30. The number of amides is 1. The van der Waals surface area contributed by atoms with Crippen molar-refractivity contribution in [2.75, 3.05) is 0 Å². The van der Waals surface area contributed by atoms with Crippen molar-refractivity contribution >= 4 is 13.8 Å². The average molecular weight is 173 g/mol. The van der Waals surface area contributed by atoms with E-state index in [4.69, 9.17) is 5.73 Å². The van der Waals surface area contributed by atoms with E-state index in [0.717, 1.165) is 6.42 Å².